The lowest BCUT2D eigenvalue weighted by Crippen LogP contribution is -2.23. The number of rotatable bonds is 7. The third-order valence-corrected chi connectivity index (χ3v) is 6.07. The molecular formula is C24H20N2O4S. The van der Waals surface area contributed by atoms with Crippen molar-refractivity contribution in [3.8, 4) is 11.1 Å². The molecule has 7 heteroatoms. The van der Waals surface area contributed by atoms with E-state index in [1.54, 1.807) is 36.4 Å². The summed E-state index contributed by atoms with van der Waals surface area (Å²) in [4.78, 5) is 12.7. The average Bonchev–Trinajstić information content (AvgIpc) is 3.33. The van der Waals surface area contributed by atoms with Gasteiger partial charge in [-0.05, 0) is 53.6 Å². The van der Waals surface area contributed by atoms with Crippen molar-refractivity contribution in [2.24, 2.45) is 0 Å². The number of hydrogen-bond donors (Lipinski definition) is 2. The molecular weight excluding hydrogens is 412 g/mol. The van der Waals surface area contributed by atoms with Crippen LogP contribution in [-0.4, -0.2) is 14.3 Å². The molecule has 0 radical (unpaired) electrons. The van der Waals surface area contributed by atoms with Gasteiger partial charge in [-0.3, -0.25) is 4.79 Å². The molecule has 1 heterocycles. The van der Waals surface area contributed by atoms with Crippen LogP contribution in [0.5, 0.6) is 0 Å². The highest BCUT2D eigenvalue weighted by molar-refractivity contribution is 7.89. The minimum atomic E-state index is -3.76. The third kappa shape index (κ3) is 5.09. The molecule has 0 atom stereocenters. The van der Waals surface area contributed by atoms with E-state index in [1.807, 2.05) is 42.5 Å². The molecule has 4 rings (SSSR count). The van der Waals surface area contributed by atoms with Crippen LogP contribution in [0.3, 0.4) is 0 Å². The van der Waals surface area contributed by atoms with Crippen LogP contribution in [0.25, 0.3) is 11.1 Å². The van der Waals surface area contributed by atoms with Gasteiger partial charge in [0.05, 0.1) is 17.7 Å². The van der Waals surface area contributed by atoms with Crippen molar-refractivity contribution in [3.63, 3.8) is 0 Å². The molecule has 0 aliphatic heterocycles. The van der Waals surface area contributed by atoms with E-state index in [9.17, 15) is 13.2 Å². The van der Waals surface area contributed by atoms with Gasteiger partial charge in [-0.25, -0.2) is 13.1 Å². The summed E-state index contributed by atoms with van der Waals surface area (Å²) < 4.78 is 32.7. The van der Waals surface area contributed by atoms with Gasteiger partial charge in [-0.1, -0.05) is 48.5 Å². The van der Waals surface area contributed by atoms with Crippen LogP contribution < -0.4 is 10.0 Å². The summed E-state index contributed by atoms with van der Waals surface area (Å²) in [7, 11) is -3.76. The highest BCUT2D eigenvalue weighted by Gasteiger charge is 2.16. The molecule has 4 aromatic rings. The Bertz CT molecular complexity index is 1270. The van der Waals surface area contributed by atoms with E-state index in [2.05, 4.69) is 10.0 Å². The Morgan fingerprint density at radius 1 is 0.806 bits per heavy atom. The lowest BCUT2D eigenvalue weighted by atomic mass is 10.0. The quantitative estimate of drug-likeness (QED) is 0.444. The van der Waals surface area contributed by atoms with E-state index in [4.69, 9.17) is 4.42 Å². The molecule has 0 fully saturated rings. The van der Waals surface area contributed by atoms with Crippen LogP contribution in [0.15, 0.2) is 107 Å². The van der Waals surface area contributed by atoms with Gasteiger partial charge in [0.2, 0.25) is 10.0 Å². The van der Waals surface area contributed by atoms with Crippen LogP contribution in [0.1, 0.15) is 16.1 Å². The van der Waals surface area contributed by atoms with Gasteiger partial charge in [-0.2, -0.15) is 0 Å². The van der Waals surface area contributed by atoms with Crippen molar-refractivity contribution in [3.05, 3.63) is 109 Å². The largest absolute Gasteiger partial charge is 0.468 e. The predicted molar refractivity (Wildman–Crippen MR) is 119 cm³/mol. The number of carbonyl (C=O) groups is 1. The Balaban J connectivity index is 1.45. The van der Waals surface area contributed by atoms with Crippen LogP contribution in [0, 0.1) is 0 Å². The van der Waals surface area contributed by atoms with Crippen molar-refractivity contribution in [1.82, 2.24) is 4.72 Å². The zero-order valence-electron chi connectivity index (χ0n) is 16.5. The van der Waals surface area contributed by atoms with Crippen LogP contribution in [-0.2, 0) is 16.6 Å². The molecule has 6 nitrogen and oxygen atoms in total. The fraction of sp³-hybridized carbons (Fsp3) is 0.0417. The molecule has 0 spiro atoms. The van der Waals surface area contributed by atoms with E-state index < -0.39 is 10.0 Å². The van der Waals surface area contributed by atoms with Crippen LogP contribution in [0.2, 0.25) is 0 Å². The smallest absolute Gasteiger partial charge is 0.255 e. The summed E-state index contributed by atoms with van der Waals surface area (Å²) in [6.45, 7) is 0.0414. The number of carbonyl (C=O) groups excluding carboxylic acids is 1. The van der Waals surface area contributed by atoms with Gasteiger partial charge in [-0.15, -0.1) is 0 Å². The second-order valence-corrected chi connectivity index (χ2v) is 8.60. The Hall–Kier alpha value is -3.68. The lowest BCUT2D eigenvalue weighted by Gasteiger charge is -2.09. The highest BCUT2D eigenvalue weighted by Crippen LogP contribution is 2.21. The van der Waals surface area contributed by atoms with Crippen molar-refractivity contribution < 1.29 is 17.6 Å². The Morgan fingerprint density at radius 3 is 2.26 bits per heavy atom. The molecule has 0 unspecified atom stereocenters. The Kier molecular flexibility index (Phi) is 5.97. The maximum atomic E-state index is 12.6. The summed E-state index contributed by atoms with van der Waals surface area (Å²) >= 11 is 0. The first-order valence-corrected chi connectivity index (χ1v) is 11.1. The first-order chi connectivity index (χ1) is 15.0. The maximum absolute atomic E-state index is 12.6. The standard InChI is InChI=1S/C24H20N2O4S/c27-24(20-13-11-19(12-14-20)18-6-2-1-3-7-18)26-21-8-4-10-23(16-21)31(28,29)25-17-22-9-5-15-30-22/h1-16,25H,17H2,(H,26,27). The molecule has 1 amide bonds. The SMILES string of the molecule is O=C(Nc1cccc(S(=O)(=O)NCc2ccco2)c1)c1ccc(-c2ccccc2)cc1. The van der Waals surface area contributed by atoms with E-state index >= 15 is 0 Å². The summed E-state index contributed by atoms with van der Waals surface area (Å²) in [5, 5.41) is 2.75. The second-order valence-electron chi connectivity index (χ2n) is 6.83. The normalized spacial score (nSPS) is 11.2. The van der Waals surface area contributed by atoms with Crippen LogP contribution in [0.4, 0.5) is 5.69 Å². The molecule has 0 saturated carbocycles. The fourth-order valence-electron chi connectivity index (χ4n) is 3.05. The lowest BCUT2D eigenvalue weighted by molar-refractivity contribution is 0.102. The third-order valence-electron chi connectivity index (χ3n) is 4.67. The van der Waals surface area contributed by atoms with E-state index in [0.717, 1.165) is 11.1 Å². The van der Waals surface area contributed by atoms with Crippen molar-refractivity contribution in [2.45, 2.75) is 11.4 Å². The molecule has 156 valence electrons. The number of nitrogens with one attached hydrogen (secondary N) is 2. The van der Waals surface area contributed by atoms with Crippen molar-refractivity contribution >= 4 is 21.6 Å². The van der Waals surface area contributed by atoms with Gasteiger partial charge in [0.25, 0.3) is 5.91 Å². The monoisotopic (exact) mass is 432 g/mol. The molecule has 2 N–H and O–H groups in total. The number of benzene rings is 3. The van der Waals surface area contributed by atoms with Gasteiger partial charge in [0, 0.05) is 11.3 Å². The molecule has 0 aliphatic carbocycles. The number of anilines is 1. The maximum Gasteiger partial charge on any atom is 0.255 e. The summed E-state index contributed by atoms with van der Waals surface area (Å²) in [5.74, 6) is 0.185. The Labute approximate surface area is 180 Å². The van der Waals surface area contributed by atoms with Crippen molar-refractivity contribution in [1.29, 1.82) is 0 Å². The fourth-order valence-corrected chi connectivity index (χ4v) is 4.09. The van der Waals surface area contributed by atoms with Crippen LogP contribution >= 0.6 is 0 Å². The predicted octanol–water partition coefficient (Wildman–Crippen LogP) is 4.68. The van der Waals surface area contributed by atoms with Gasteiger partial charge >= 0.3 is 0 Å². The molecule has 1 aromatic heterocycles. The van der Waals surface area contributed by atoms with E-state index in [0.29, 0.717) is 17.0 Å². The summed E-state index contributed by atoms with van der Waals surface area (Å²) in [5.41, 5.74) is 2.93. The molecule has 0 aliphatic rings. The number of hydrogen-bond acceptors (Lipinski definition) is 4. The van der Waals surface area contributed by atoms with Gasteiger partial charge < -0.3 is 9.73 Å². The molecule has 3 aromatic carbocycles. The molecule has 0 bridgehead atoms. The summed E-state index contributed by atoms with van der Waals surface area (Å²) in [6, 6.07) is 26.6. The van der Waals surface area contributed by atoms with E-state index in [1.165, 1.54) is 18.4 Å². The minimum Gasteiger partial charge on any atom is -0.468 e. The average molecular weight is 433 g/mol. The van der Waals surface area contributed by atoms with Gasteiger partial charge in [0.1, 0.15) is 5.76 Å². The second kappa shape index (κ2) is 8.99. The number of furan rings is 1. The zero-order valence-corrected chi connectivity index (χ0v) is 17.3. The van der Waals surface area contributed by atoms with Crippen molar-refractivity contribution in [2.75, 3.05) is 5.32 Å². The molecule has 31 heavy (non-hydrogen) atoms. The topological polar surface area (TPSA) is 88.4 Å². The Morgan fingerprint density at radius 2 is 1.55 bits per heavy atom. The summed E-state index contributed by atoms with van der Waals surface area (Å²) in [6.07, 6.45) is 1.48. The van der Waals surface area contributed by atoms with E-state index in [-0.39, 0.29) is 17.3 Å². The first-order valence-electron chi connectivity index (χ1n) is 9.60. The number of sulfonamides is 1. The number of amides is 1. The minimum absolute atomic E-state index is 0.0414. The van der Waals surface area contributed by atoms with Gasteiger partial charge in [0.15, 0.2) is 0 Å². The zero-order chi connectivity index (χ0) is 21.7. The highest BCUT2D eigenvalue weighted by atomic mass is 32.2. The first kappa shape index (κ1) is 20.6. The molecule has 0 saturated heterocycles.